The van der Waals surface area contributed by atoms with Crippen molar-refractivity contribution in [3.8, 4) is 11.8 Å². The molecule has 3 N–H and O–H groups in total. The van der Waals surface area contributed by atoms with Gasteiger partial charge in [0.15, 0.2) is 0 Å². The first-order chi connectivity index (χ1) is 9.97. The third-order valence-corrected chi connectivity index (χ3v) is 3.12. The predicted octanol–water partition coefficient (Wildman–Crippen LogP) is -1.14. The molecule has 2 heterocycles. The van der Waals surface area contributed by atoms with Gasteiger partial charge in [-0.1, -0.05) is 5.92 Å². The standard InChI is InChI=1S/C12H15FN4O4/c1-3-4-12(13)9(20-2)7(6-18)21-10(12)17-11(19)16-8(14)5-15-17/h5,7,9-10,18H,6H2,1-2H3,(H2,14,16,19)/t7-,9+,10-,12?/m1/s1. The lowest BCUT2D eigenvalue weighted by Gasteiger charge is -2.25. The molecule has 0 amide bonds. The van der Waals surface area contributed by atoms with Crippen LogP contribution >= 0.6 is 0 Å². The number of aromatic nitrogens is 3. The summed E-state index contributed by atoms with van der Waals surface area (Å²) >= 11 is 0. The fraction of sp³-hybridized carbons (Fsp3) is 0.583. The van der Waals surface area contributed by atoms with Gasteiger partial charge in [0.05, 0.1) is 12.8 Å². The molecule has 0 radical (unpaired) electrons. The van der Waals surface area contributed by atoms with Crippen molar-refractivity contribution in [3.05, 3.63) is 16.7 Å². The molecule has 1 aliphatic rings. The van der Waals surface area contributed by atoms with E-state index in [1.807, 2.05) is 0 Å². The average Bonchev–Trinajstić information content (AvgIpc) is 2.71. The highest BCUT2D eigenvalue weighted by atomic mass is 19.1. The molecule has 1 unspecified atom stereocenters. The Morgan fingerprint density at radius 3 is 2.95 bits per heavy atom. The largest absolute Gasteiger partial charge is 0.394 e. The van der Waals surface area contributed by atoms with E-state index in [-0.39, 0.29) is 5.82 Å². The Labute approximate surface area is 119 Å². The van der Waals surface area contributed by atoms with Gasteiger partial charge in [-0.2, -0.15) is 14.8 Å². The Morgan fingerprint density at radius 2 is 2.43 bits per heavy atom. The van der Waals surface area contributed by atoms with Gasteiger partial charge in [0, 0.05) is 7.11 Å². The maximum Gasteiger partial charge on any atom is 0.368 e. The third kappa shape index (κ3) is 2.49. The maximum atomic E-state index is 15.3. The van der Waals surface area contributed by atoms with Crippen molar-refractivity contribution in [2.24, 2.45) is 0 Å². The highest BCUT2D eigenvalue weighted by molar-refractivity contribution is 5.24. The number of rotatable bonds is 3. The summed E-state index contributed by atoms with van der Waals surface area (Å²) in [7, 11) is 1.27. The van der Waals surface area contributed by atoms with Crippen molar-refractivity contribution < 1.29 is 19.0 Å². The number of methoxy groups -OCH3 is 1. The minimum absolute atomic E-state index is 0.0951. The van der Waals surface area contributed by atoms with Gasteiger partial charge in [-0.05, 0) is 6.92 Å². The smallest absolute Gasteiger partial charge is 0.368 e. The van der Waals surface area contributed by atoms with Crippen LogP contribution in [0.3, 0.4) is 0 Å². The molecular weight excluding hydrogens is 283 g/mol. The summed E-state index contributed by atoms with van der Waals surface area (Å²) in [6.07, 6.45) is -2.56. The number of nitrogen functional groups attached to an aromatic ring is 1. The number of nitrogens with two attached hydrogens (primary N) is 1. The molecule has 1 aliphatic heterocycles. The molecule has 0 aliphatic carbocycles. The topological polar surface area (TPSA) is 112 Å². The summed E-state index contributed by atoms with van der Waals surface area (Å²) in [4.78, 5) is 15.3. The molecule has 1 saturated heterocycles. The maximum absolute atomic E-state index is 15.3. The summed E-state index contributed by atoms with van der Waals surface area (Å²) in [6, 6.07) is 0. The Kier molecular flexibility index (Phi) is 4.22. The summed E-state index contributed by atoms with van der Waals surface area (Å²) in [6.45, 7) is 0.942. The third-order valence-electron chi connectivity index (χ3n) is 3.12. The lowest BCUT2D eigenvalue weighted by atomic mass is 9.96. The second-order valence-corrected chi connectivity index (χ2v) is 4.42. The highest BCUT2D eigenvalue weighted by Gasteiger charge is 2.59. The van der Waals surface area contributed by atoms with Gasteiger partial charge in [-0.3, -0.25) is 0 Å². The number of hydrogen-bond donors (Lipinski definition) is 2. The summed E-state index contributed by atoms with van der Waals surface area (Å²) in [5, 5.41) is 13.0. The van der Waals surface area contributed by atoms with E-state index in [1.54, 1.807) is 0 Å². The minimum Gasteiger partial charge on any atom is -0.394 e. The number of halogens is 1. The van der Waals surface area contributed by atoms with Crippen LogP contribution in [0.1, 0.15) is 13.2 Å². The number of nitrogens with zero attached hydrogens (tertiary/aromatic N) is 3. The molecule has 1 aromatic heterocycles. The summed E-state index contributed by atoms with van der Waals surface area (Å²) in [5.74, 6) is 4.68. The first-order valence-electron chi connectivity index (χ1n) is 6.11. The Balaban J connectivity index is 2.54. The van der Waals surface area contributed by atoms with E-state index < -0.39 is 36.4 Å². The van der Waals surface area contributed by atoms with Gasteiger partial charge in [-0.15, -0.1) is 5.92 Å². The fourth-order valence-corrected chi connectivity index (χ4v) is 2.29. The second kappa shape index (κ2) is 5.77. The lowest BCUT2D eigenvalue weighted by Crippen LogP contribution is -2.46. The molecule has 0 spiro atoms. The molecule has 0 bridgehead atoms. The van der Waals surface area contributed by atoms with Crippen LogP contribution in [0.25, 0.3) is 0 Å². The van der Waals surface area contributed by atoms with Crippen LogP contribution in [0.15, 0.2) is 11.0 Å². The van der Waals surface area contributed by atoms with Gasteiger partial charge in [-0.25, -0.2) is 9.18 Å². The van der Waals surface area contributed by atoms with Crippen molar-refractivity contribution >= 4 is 5.82 Å². The van der Waals surface area contributed by atoms with Crippen LogP contribution in [0.4, 0.5) is 10.2 Å². The zero-order valence-corrected chi connectivity index (χ0v) is 11.5. The molecule has 9 heteroatoms. The molecule has 21 heavy (non-hydrogen) atoms. The van der Waals surface area contributed by atoms with E-state index in [9.17, 15) is 9.90 Å². The molecule has 0 aromatic carbocycles. The lowest BCUT2D eigenvalue weighted by molar-refractivity contribution is -0.0624. The van der Waals surface area contributed by atoms with Crippen molar-refractivity contribution in [1.82, 2.24) is 14.8 Å². The Morgan fingerprint density at radius 1 is 1.71 bits per heavy atom. The molecule has 2 rings (SSSR count). The number of aliphatic hydroxyl groups is 1. The number of alkyl halides is 1. The van der Waals surface area contributed by atoms with E-state index in [4.69, 9.17) is 15.2 Å². The van der Waals surface area contributed by atoms with E-state index >= 15 is 4.39 Å². The van der Waals surface area contributed by atoms with Crippen LogP contribution in [0.5, 0.6) is 0 Å². The van der Waals surface area contributed by atoms with Gasteiger partial charge in [0.25, 0.3) is 0 Å². The molecule has 114 valence electrons. The Hall–Kier alpha value is -2.02. The van der Waals surface area contributed by atoms with E-state index in [0.717, 1.165) is 6.20 Å². The average molecular weight is 298 g/mol. The minimum atomic E-state index is -2.36. The highest BCUT2D eigenvalue weighted by Crippen LogP contribution is 2.41. The number of anilines is 1. The molecule has 0 saturated carbocycles. The first kappa shape index (κ1) is 15.4. The molecule has 4 atom stereocenters. The normalized spacial score (nSPS) is 31.7. The quantitative estimate of drug-likeness (QED) is 0.678. The Bertz CT molecular complexity index is 640. The molecule has 1 fully saturated rings. The van der Waals surface area contributed by atoms with Gasteiger partial charge >= 0.3 is 5.69 Å². The second-order valence-electron chi connectivity index (χ2n) is 4.42. The van der Waals surface area contributed by atoms with Crippen molar-refractivity contribution in [3.63, 3.8) is 0 Å². The van der Waals surface area contributed by atoms with Crippen LogP contribution in [-0.4, -0.2) is 51.5 Å². The van der Waals surface area contributed by atoms with Gasteiger partial charge < -0.3 is 20.3 Å². The SMILES string of the molecule is CC#CC1(F)[C@@H](OC)[C@@H](CO)O[C@H]1n1ncc(N)nc1=O. The predicted molar refractivity (Wildman–Crippen MR) is 69.8 cm³/mol. The van der Waals surface area contributed by atoms with Crippen LogP contribution in [-0.2, 0) is 9.47 Å². The summed E-state index contributed by atoms with van der Waals surface area (Å²) < 4.78 is 26.4. The monoisotopic (exact) mass is 298 g/mol. The molecule has 8 nitrogen and oxygen atoms in total. The van der Waals surface area contributed by atoms with E-state index in [0.29, 0.717) is 4.68 Å². The first-order valence-corrected chi connectivity index (χ1v) is 6.11. The molecular formula is C12H15FN4O4. The van der Waals surface area contributed by atoms with Crippen LogP contribution in [0.2, 0.25) is 0 Å². The van der Waals surface area contributed by atoms with Crippen LogP contribution < -0.4 is 11.4 Å². The van der Waals surface area contributed by atoms with Crippen molar-refractivity contribution in [1.29, 1.82) is 0 Å². The fourth-order valence-electron chi connectivity index (χ4n) is 2.29. The molecule has 1 aromatic rings. The number of ether oxygens (including phenoxy) is 2. The van der Waals surface area contributed by atoms with E-state index in [1.165, 1.54) is 14.0 Å². The van der Waals surface area contributed by atoms with E-state index in [2.05, 4.69) is 21.9 Å². The summed E-state index contributed by atoms with van der Waals surface area (Å²) in [5.41, 5.74) is 2.11. The van der Waals surface area contributed by atoms with Crippen molar-refractivity contribution in [2.75, 3.05) is 19.5 Å². The zero-order chi connectivity index (χ0) is 15.6. The van der Waals surface area contributed by atoms with Gasteiger partial charge in [0.2, 0.25) is 11.9 Å². The van der Waals surface area contributed by atoms with Crippen LogP contribution in [0, 0.1) is 11.8 Å². The number of aliphatic hydroxyl groups excluding tert-OH is 1. The number of hydrogen-bond acceptors (Lipinski definition) is 7. The van der Waals surface area contributed by atoms with Gasteiger partial charge in [0.1, 0.15) is 18.0 Å². The zero-order valence-electron chi connectivity index (χ0n) is 11.5. The van der Waals surface area contributed by atoms with Crippen molar-refractivity contribution in [2.45, 2.75) is 31.0 Å².